The highest BCUT2D eigenvalue weighted by Gasteiger charge is 2.18. The summed E-state index contributed by atoms with van der Waals surface area (Å²) in [6.07, 6.45) is 6.05. The zero-order chi connectivity index (χ0) is 14.2. The van der Waals surface area contributed by atoms with E-state index in [1.165, 1.54) is 38.8 Å². The first-order valence-electron chi connectivity index (χ1n) is 7.27. The lowest BCUT2D eigenvalue weighted by Crippen LogP contribution is -2.27. The van der Waals surface area contributed by atoms with E-state index in [1.54, 1.807) is 0 Å². The van der Waals surface area contributed by atoms with Gasteiger partial charge in [-0.2, -0.15) is 12.6 Å². The molecule has 2 nitrogen and oxygen atoms in total. The smallest absolute Gasteiger partial charge is 0.00736 e. The van der Waals surface area contributed by atoms with Gasteiger partial charge in [0.15, 0.2) is 0 Å². The number of nitrogens with two attached hydrogens (primary N) is 1. The molecule has 0 bridgehead atoms. The Morgan fingerprint density at radius 3 is 2.06 bits per heavy atom. The van der Waals surface area contributed by atoms with Crippen LogP contribution < -0.4 is 5.73 Å². The molecule has 0 aliphatic heterocycles. The first-order chi connectivity index (χ1) is 8.16. The third-order valence-electron chi connectivity index (χ3n) is 3.56. The Morgan fingerprint density at radius 2 is 1.56 bits per heavy atom. The van der Waals surface area contributed by atoms with Gasteiger partial charge in [-0.1, -0.05) is 27.7 Å². The summed E-state index contributed by atoms with van der Waals surface area (Å²) in [5.74, 6) is 0. The lowest BCUT2D eigenvalue weighted by atomic mass is 9.84. The van der Waals surface area contributed by atoms with Crippen LogP contribution in [0.1, 0.15) is 59.8 Å². The number of hydrogen-bond donors (Lipinski definition) is 2. The third kappa shape index (κ3) is 11.4. The first kappa shape index (κ1) is 18.3. The first-order valence-corrected chi connectivity index (χ1v) is 7.72. The number of rotatable bonds is 10. The van der Waals surface area contributed by atoms with Gasteiger partial charge in [0.2, 0.25) is 0 Å². The van der Waals surface area contributed by atoms with Crippen LogP contribution in [-0.2, 0) is 0 Å². The topological polar surface area (TPSA) is 29.3 Å². The van der Waals surface area contributed by atoms with Gasteiger partial charge in [-0.15, -0.1) is 0 Å². The summed E-state index contributed by atoms with van der Waals surface area (Å²) in [7, 11) is 2.23. The number of nitrogens with zero attached hydrogens (tertiary/aromatic N) is 1. The van der Waals surface area contributed by atoms with Crippen LogP contribution in [0.5, 0.6) is 0 Å². The maximum Gasteiger partial charge on any atom is 0.00736 e. The zero-order valence-corrected chi connectivity index (χ0v) is 14.0. The molecule has 18 heavy (non-hydrogen) atoms. The van der Waals surface area contributed by atoms with Gasteiger partial charge in [0, 0.05) is 4.75 Å². The van der Waals surface area contributed by atoms with Gasteiger partial charge >= 0.3 is 0 Å². The molecule has 0 saturated heterocycles. The van der Waals surface area contributed by atoms with Gasteiger partial charge in [-0.25, -0.2) is 0 Å². The summed E-state index contributed by atoms with van der Waals surface area (Å²) in [4.78, 5) is 2.45. The molecule has 0 aliphatic carbocycles. The fraction of sp³-hybridized carbons (Fsp3) is 1.00. The SMILES string of the molecule is CN(CCCC(C)(C)S)CCC(C)(C)CCCN. The minimum absolute atomic E-state index is 0.168. The third-order valence-corrected chi connectivity index (χ3v) is 3.78. The number of thiol groups is 1. The van der Waals surface area contributed by atoms with Crippen LogP contribution in [0.4, 0.5) is 0 Å². The highest BCUT2D eigenvalue weighted by Crippen LogP contribution is 2.26. The molecule has 0 aromatic carbocycles. The summed E-state index contributed by atoms with van der Waals surface area (Å²) in [5.41, 5.74) is 6.01. The van der Waals surface area contributed by atoms with E-state index in [0.717, 1.165) is 13.0 Å². The van der Waals surface area contributed by atoms with E-state index in [2.05, 4.69) is 52.3 Å². The minimum Gasteiger partial charge on any atom is -0.330 e. The molecule has 0 rings (SSSR count). The Morgan fingerprint density at radius 1 is 0.944 bits per heavy atom. The second kappa shape index (κ2) is 8.44. The Bertz CT molecular complexity index is 209. The van der Waals surface area contributed by atoms with Crippen LogP contribution in [0.2, 0.25) is 0 Å². The standard InChI is InChI=1S/C15H34N2S/c1-14(2,8-6-11-16)10-13-17(5)12-7-9-15(3,4)18/h18H,6-13,16H2,1-5H3. The Labute approximate surface area is 120 Å². The monoisotopic (exact) mass is 274 g/mol. The highest BCUT2D eigenvalue weighted by molar-refractivity contribution is 7.81. The van der Waals surface area contributed by atoms with Gasteiger partial charge < -0.3 is 10.6 Å². The molecule has 0 heterocycles. The van der Waals surface area contributed by atoms with Crippen molar-refractivity contribution in [1.29, 1.82) is 0 Å². The van der Waals surface area contributed by atoms with E-state index >= 15 is 0 Å². The van der Waals surface area contributed by atoms with Crippen LogP contribution >= 0.6 is 12.6 Å². The molecular weight excluding hydrogens is 240 g/mol. The molecule has 0 unspecified atom stereocenters. The van der Waals surface area contributed by atoms with Gasteiger partial charge in [0.1, 0.15) is 0 Å². The largest absolute Gasteiger partial charge is 0.330 e. The minimum atomic E-state index is 0.168. The Kier molecular flexibility index (Phi) is 8.57. The molecule has 0 spiro atoms. The molecule has 2 N–H and O–H groups in total. The Hall–Kier alpha value is 0.270. The van der Waals surface area contributed by atoms with Crippen LogP contribution in [0.3, 0.4) is 0 Å². The van der Waals surface area contributed by atoms with Gasteiger partial charge in [-0.3, -0.25) is 0 Å². The van der Waals surface area contributed by atoms with E-state index in [1.807, 2.05) is 0 Å². The summed E-state index contributed by atoms with van der Waals surface area (Å²) < 4.78 is 0.168. The molecule has 0 fully saturated rings. The van der Waals surface area contributed by atoms with Crippen molar-refractivity contribution < 1.29 is 0 Å². The van der Waals surface area contributed by atoms with Crippen molar-refractivity contribution in [1.82, 2.24) is 4.90 Å². The summed E-state index contributed by atoms with van der Waals surface area (Å²) in [6.45, 7) is 12.3. The molecule has 0 atom stereocenters. The molecule has 110 valence electrons. The van der Waals surface area contributed by atoms with Crippen molar-refractivity contribution in [3.05, 3.63) is 0 Å². The molecule has 3 heteroatoms. The summed E-state index contributed by atoms with van der Waals surface area (Å²) >= 11 is 4.56. The van der Waals surface area contributed by atoms with Crippen LogP contribution in [0, 0.1) is 5.41 Å². The molecule has 0 amide bonds. The van der Waals surface area contributed by atoms with Crippen LogP contribution in [-0.4, -0.2) is 36.3 Å². The fourth-order valence-corrected chi connectivity index (χ4v) is 2.25. The fourth-order valence-electron chi connectivity index (χ4n) is 2.09. The van der Waals surface area contributed by atoms with E-state index in [-0.39, 0.29) is 4.75 Å². The van der Waals surface area contributed by atoms with Crippen molar-refractivity contribution in [3.63, 3.8) is 0 Å². The predicted octanol–water partition coefficient (Wildman–Crippen LogP) is 3.56. The van der Waals surface area contributed by atoms with Gasteiger partial charge in [-0.05, 0) is 64.2 Å². The van der Waals surface area contributed by atoms with Crippen LogP contribution in [0.25, 0.3) is 0 Å². The highest BCUT2D eigenvalue weighted by atomic mass is 32.1. The van der Waals surface area contributed by atoms with Gasteiger partial charge in [0.25, 0.3) is 0 Å². The molecule has 0 saturated carbocycles. The van der Waals surface area contributed by atoms with Crippen LogP contribution in [0.15, 0.2) is 0 Å². The maximum atomic E-state index is 5.58. The lowest BCUT2D eigenvalue weighted by molar-refractivity contribution is 0.230. The normalized spacial score (nSPS) is 13.3. The zero-order valence-electron chi connectivity index (χ0n) is 13.1. The molecule has 0 radical (unpaired) electrons. The van der Waals surface area contributed by atoms with E-state index in [4.69, 9.17) is 5.73 Å². The van der Waals surface area contributed by atoms with Crippen molar-refractivity contribution in [3.8, 4) is 0 Å². The van der Waals surface area contributed by atoms with E-state index in [0.29, 0.717) is 5.41 Å². The quantitative estimate of drug-likeness (QED) is 0.596. The lowest BCUT2D eigenvalue weighted by Gasteiger charge is -2.28. The summed E-state index contributed by atoms with van der Waals surface area (Å²) in [6, 6.07) is 0. The van der Waals surface area contributed by atoms with E-state index < -0.39 is 0 Å². The van der Waals surface area contributed by atoms with E-state index in [9.17, 15) is 0 Å². The maximum absolute atomic E-state index is 5.58. The van der Waals surface area contributed by atoms with Crippen molar-refractivity contribution in [2.24, 2.45) is 11.1 Å². The average Bonchev–Trinajstić information content (AvgIpc) is 2.22. The number of hydrogen-bond acceptors (Lipinski definition) is 3. The average molecular weight is 275 g/mol. The van der Waals surface area contributed by atoms with Crippen molar-refractivity contribution in [2.75, 3.05) is 26.7 Å². The predicted molar refractivity (Wildman–Crippen MR) is 86.5 cm³/mol. The summed E-state index contributed by atoms with van der Waals surface area (Å²) in [5, 5.41) is 0. The molecular formula is C15H34N2S. The Balaban J connectivity index is 3.72. The second-order valence-corrected chi connectivity index (χ2v) is 8.24. The molecule has 0 aromatic rings. The van der Waals surface area contributed by atoms with Gasteiger partial charge in [0.05, 0.1) is 0 Å². The molecule has 0 aromatic heterocycles. The molecule has 0 aliphatic rings. The van der Waals surface area contributed by atoms with Crippen molar-refractivity contribution in [2.45, 2.75) is 64.5 Å². The van der Waals surface area contributed by atoms with Crippen molar-refractivity contribution >= 4 is 12.6 Å². The second-order valence-electron chi connectivity index (χ2n) is 7.03.